The summed E-state index contributed by atoms with van der Waals surface area (Å²) in [6, 6.07) is 0. The first kappa shape index (κ1) is 6.84. The molecule has 0 bridgehead atoms. The summed E-state index contributed by atoms with van der Waals surface area (Å²) in [7, 11) is -1.12. The maximum atomic E-state index is 8.54. The molecule has 50 valence electrons. The Morgan fingerprint density at radius 1 is 1.33 bits per heavy atom. The van der Waals surface area contributed by atoms with Crippen LogP contribution in [0.1, 0.15) is 12.8 Å². The van der Waals surface area contributed by atoms with E-state index < -0.39 is 7.12 Å². The predicted molar refractivity (Wildman–Crippen MR) is 36.9 cm³/mol. The number of rotatable bonds is 2. The van der Waals surface area contributed by atoms with E-state index in [1.165, 1.54) is 0 Å². The normalized spacial score (nSPS) is 18.9. The molecule has 0 atom stereocenters. The highest BCUT2D eigenvalue weighted by Gasteiger charge is 2.17. The van der Waals surface area contributed by atoms with Crippen LogP contribution >= 0.6 is 0 Å². The molecule has 1 rings (SSSR count). The average Bonchev–Trinajstić information content (AvgIpc) is 2.15. The van der Waals surface area contributed by atoms with Gasteiger partial charge in [-0.25, -0.2) is 0 Å². The van der Waals surface area contributed by atoms with Crippen LogP contribution in [-0.2, 0) is 0 Å². The van der Waals surface area contributed by atoms with Crippen LogP contribution in [0.5, 0.6) is 0 Å². The molecular weight excluding hydrogens is 115 g/mol. The molecule has 2 N–H and O–H groups in total. The summed E-state index contributed by atoms with van der Waals surface area (Å²) in [4.78, 5) is 0. The SMILES string of the molecule is OB(O)CC1CC=CC1. The molecular formula is C6H11BO2. The fourth-order valence-electron chi connectivity index (χ4n) is 1.16. The lowest BCUT2D eigenvalue weighted by molar-refractivity contribution is 0.389. The summed E-state index contributed by atoms with van der Waals surface area (Å²) in [5.41, 5.74) is 0. The zero-order valence-corrected chi connectivity index (χ0v) is 5.33. The lowest BCUT2D eigenvalue weighted by Crippen LogP contribution is -2.14. The molecule has 0 heterocycles. The van der Waals surface area contributed by atoms with Crippen molar-refractivity contribution in [3.05, 3.63) is 12.2 Å². The Balaban J connectivity index is 2.14. The first-order valence-electron chi connectivity index (χ1n) is 3.30. The molecule has 1 aliphatic rings. The van der Waals surface area contributed by atoms with Crippen molar-refractivity contribution < 1.29 is 10.0 Å². The highest BCUT2D eigenvalue weighted by Crippen LogP contribution is 2.21. The van der Waals surface area contributed by atoms with Crippen molar-refractivity contribution in [1.29, 1.82) is 0 Å². The van der Waals surface area contributed by atoms with Gasteiger partial charge in [-0.2, -0.15) is 0 Å². The molecule has 0 aliphatic heterocycles. The maximum absolute atomic E-state index is 8.54. The molecule has 0 unspecified atom stereocenters. The fraction of sp³-hybridized carbons (Fsp3) is 0.667. The highest BCUT2D eigenvalue weighted by molar-refractivity contribution is 6.41. The third-order valence-electron chi connectivity index (χ3n) is 1.65. The second kappa shape index (κ2) is 3.04. The molecule has 9 heavy (non-hydrogen) atoms. The Kier molecular flexibility index (Phi) is 2.31. The highest BCUT2D eigenvalue weighted by atomic mass is 16.4. The van der Waals surface area contributed by atoms with Crippen molar-refractivity contribution in [3.63, 3.8) is 0 Å². The lowest BCUT2D eigenvalue weighted by Gasteiger charge is -2.05. The molecule has 0 spiro atoms. The van der Waals surface area contributed by atoms with Crippen LogP contribution in [0.15, 0.2) is 12.2 Å². The van der Waals surface area contributed by atoms with Gasteiger partial charge in [0.2, 0.25) is 0 Å². The van der Waals surface area contributed by atoms with Gasteiger partial charge in [0, 0.05) is 0 Å². The average molecular weight is 126 g/mol. The van der Waals surface area contributed by atoms with Crippen LogP contribution in [0, 0.1) is 5.92 Å². The van der Waals surface area contributed by atoms with Crippen LogP contribution in [0.2, 0.25) is 6.32 Å². The Labute approximate surface area is 55.3 Å². The van der Waals surface area contributed by atoms with E-state index in [4.69, 9.17) is 10.0 Å². The summed E-state index contributed by atoms with van der Waals surface area (Å²) >= 11 is 0. The summed E-state index contributed by atoms with van der Waals surface area (Å²) in [6.45, 7) is 0. The smallest absolute Gasteiger partial charge is 0.427 e. The topological polar surface area (TPSA) is 40.5 Å². The summed E-state index contributed by atoms with van der Waals surface area (Å²) < 4.78 is 0. The predicted octanol–water partition coefficient (Wildman–Crippen LogP) is 0.425. The lowest BCUT2D eigenvalue weighted by atomic mass is 9.77. The fourth-order valence-corrected chi connectivity index (χ4v) is 1.16. The van der Waals surface area contributed by atoms with Crippen molar-refractivity contribution in [2.24, 2.45) is 5.92 Å². The summed E-state index contributed by atoms with van der Waals surface area (Å²) in [5.74, 6) is 0.477. The molecule has 0 amide bonds. The van der Waals surface area contributed by atoms with Crippen LogP contribution < -0.4 is 0 Å². The van der Waals surface area contributed by atoms with Gasteiger partial charge in [-0.05, 0) is 25.1 Å². The van der Waals surface area contributed by atoms with E-state index in [0.29, 0.717) is 12.2 Å². The van der Waals surface area contributed by atoms with Crippen LogP contribution in [0.4, 0.5) is 0 Å². The van der Waals surface area contributed by atoms with Gasteiger partial charge < -0.3 is 10.0 Å². The van der Waals surface area contributed by atoms with Gasteiger partial charge in [0.15, 0.2) is 0 Å². The Bertz CT molecular complexity index is 104. The number of hydrogen-bond donors (Lipinski definition) is 2. The van der Waals surface area contributed by atoms with E-state index in [0.717, 1.165) is 12.8 Å². The first-order valence-corrected chi connectivity index (χ1v) is 3.30. The molecule has 1 aliphatic carbocycles. The van der Waals surface area contributed by atoms with Crippen molar-refractivity contribution >= 4 is 7.12 Å². The van der Waals surface area contributed by atoms with E-state index in [-0.39, 0.29) is 0 Å². The molecule has 0 aromatic rings. The van der Waals surface area contributed by atoms with E-state index in [1.807, 2.05) is 0 Å². The maximum Gasteiger partial charge on any atom is 0.451 e. The van der Waals surface area contributed by atoms with Gasteiger partial charge in [0.1, 0.15) is 0 Å². The quantitative estimate of drug-likeness (QED) is 0.416. The third-order valence-corrected chi connectivity index (χ3v) is 1.65. The van der Waals surface area contributed by atoms with Crippen LogP contribution in [0.25, 0.3) is 0 Å². The van der Waals surface area contributed by atoms with Gasteiger partial charge in [0.05, 0.1) is 0 Å². The van der Waals surface area contributed by atoms with Gasteiger partial charge in [-0.1, -0.05) is 12.2 Å². The molecule has 0 saturated heterocycles. The summed E-state index contributed by atoms with van der Waals surface area (Å²) in [5, 5.41) is 17.1. The van der Waals surface area contributed by atoms with Crippen molar-refractivity contribution in [2.75, 3.05) is 0 Å². The molecule has 0 radical (unpaired) electrons. The van der Waals surface area contributed by atoms with E-state index in [1.54, 1.807) is 0 Å². The van der Waals surface area contributed by atoms with Crippen molar-refractivity contribution in [2.45, 2.75) is 19.2 Å². The molecule has 3 heteroatoms. The van der Waals surface area contributed by atoms with Crippen LogP contribution in [0.3, 0.4) is 0 Å². The first-order chi connectivity index (χ1) is 4.29. The minimum absolute atomic E-state index is 0.477. The van der Waals surface area contributed by atoms with Gasteiger partial charge in [0.25, 0.3) is 0 Å². The Hall–Kier alpha value is -0.275. The van der Waals surface area contributed by atoms with Crippen LogP contribution in [-0.4, -0.2) is 17.2 Å². The third kappa shape index (κ3) is 2.20. The van der Waals surface area contributed by atoms with Crippen molar-refractivity contribution in [1.82, 2.24) is 0 Å². The summed E-state index contributed by atoms with van der Waals surface area (Å²) in [6.07, 6.45) is 6.72. The Morgan fingerprint density at radius 2 is 1.89 bits per heavy atom. The van der Waals surface area contributed by atoms with Gasteiger partial charge in [-0.3, -0.25) is 0 Å². The van der Waals surface area contributed by atoms with E-state index in [9.17, 15) is 0 Å². The molecule has 0 aromatic carbocycles. The Morgan fingerprint density at radius 3 is 2.33 bits per heavy atom. The zero-order chi connectivity index (χ0) is 6.69. The van der Waals surface area contributed by atoms with E-state index >= 15 is 0 Å². The molecule has 0 aromatic heterocycles. The second-order valence-electron chi connectivity index (χ2n) is 2.53. The van der Waals surface area contributed by atoms with Crippen molar-refractivity contribution in [3.8, 4) is 0 Å². The number of allylic oxidation sites excluding steroid dienone is 2. The molecule has 0 saturated carbocycles. The standard InChI is InChI=1S/C6H11BO2/c8-7(9)5-6-3-1-2-4-6/h1-2,6,8-9H,3-5H2. The van der Waals surface area contributed by atoms with Gasteiger partial charge >= 0.3 is 7.12 Å². The minimum Gasteiger partial charge on any atom is -0.427 e. The number of hydrogen-bond acceptors (Lipinski definition) is 2. The largest absolute Gasteiger partial charge is 0.451 e. The molecule has 2 nitrogen and oxygen atoms in total. The minimum atomic E-state index is -1.12. The monoisotopic (exact) mass is 126 g/mol. The second-order valence-corrected chi connectivity index (χ2v) is 2.53. The van der Waals surface area contributed by atoms with E-state index in [2.05, 4.69) is 12.2 Å². The molecule has 0 fully saturated rings. The zero-order valence-electron chi connectivity index (χ0n) is 5.33. The van der Waals surface area contributed by atoms with Gasteiger partial charge in [-0.15, -0.1) is 0 Å².